The Morgan fingerprint density at radius 1 is 1.36 bits per heavy atom. The fourth-order valence-electron chi connectivity index (χ4n) is 1.00. The molecule has 14 heavy (non-hydrogen) atoms. The molecule has 0 fully saturated rings. The van der Waals surface area contributed by atoms with E-state index in [2.05, 4.69) is 15.9 Å². The summed E-state index contributed by atoms with van der Waals surface area (Å²) >= 11 is 3.14. The molecule has 0 aliphatic heterocycles. The highest BCUT2D eigenvalue weighted by molar-refractivity contribution is 9.10. The number of benzene rings is 1. The number of aliphatic hydroxyl groups is 1. The van der Waals surface area contributed by atoms with Crippen LogP contribution < -0.4 is 0 Å². The van der Waals surface area contributed by atoms with Gasteiger partial charge in [0, 0.05) is 10.9 Å². The molecule has 1 atom stereocenters. The van der Waals surface area contributed by atoms with Gasteiger partial charge in [-0.2, -0.15) is 13.2 Å². The highest BCUT2D eigenvalue weighted by Crippen LogP contribution is 2.23. The molecule has 0 amide bonds. The van der Waals surface area contributed by atoms with E-state index < -0.39 is 18.7 Å². The molecule has 0 heterocycles. The smallest absolute Gasteiger partial charge is 0.383 e. The van der Waals surface area contributed by atoms with E-state index in [1.165, 1.54) is 0 Å². The van der Waals surface area contributed by atoms with Crippen molar-refractivity contribution in [3.8, 4) is 0 Å². The van der Waals surface area contributed by atoms with Gasteiger partial charge in [-0.1, -0.05) is 28.1 Å². The van der Waals surface area contributed by atoms with Crippen LogP contribution in [0.3, 0.4) is 0 Å². The zero-order chi connectivity index (χ0) is 10.8. The number of halogens is 4. The van der Waals surface area contributed by atoms with Gasteiger partial charge in [0.1, 0.15) is 0 Å². The van der Waals surface area contributed by atoms with Gasteiger partial charge in [-0.05, 0) is 17.7 Å². The SMILES string of the molecule is OC(Cc1cccc(Br)c1)C(F)(F)F. The van der Waals surface area contributed by atoms with Crippen LogP contribution in [-0.2, 0) is 6.42 Å². The van der Waals surface area contributed by atoms with Gasteiger partial charge in [-0.15, -0.1) is 0 Å². The van der Waals surface area contributed by atoms with Crippen LogP contribution in [0.25, 0.3) is 0 Å². The van der Waals surface area contributed by atoms with Crippen LogP contribution >= 0.6 is 15.9 Å². The van der Waals surface area contributed by atoms with Crippen LogP contribution in [0.2, 0.25) is 0 Å². The van der Waals surface area contributed by atoms with Gasteiger partial charge in [0.2, 0.25) is 0 Å². The molecule has 1 aromatic carbocycles. The third kappa shape index (κ3) is 3.31. The third-order valence-corrected chi connectivity index (χ3v) is 2.19. The lowest BCUT2D eigenvalue weighted by molar-refractivity contribution is -0.203. The molecule has 0 saturated heterocycles. The predicted octanol–water partition coefficient (Wildman–Crippen LogP) is 2.91. The molecule has 1 nitrogen and oxygen atoms in total. The maximum atomic E-state index is 12.0. The fraction of sp³-hybridized carbons (Fsp3) is 0.333. The van der Waals surface area contributed by atoms with E-state index in [0.717, 1.165) is 0 Å². The van der Waals surface area contributed by atoms with E-state index >= 15 is 0 Å². The van der Waals surface area contributed by atoms with Crippen LogP contribution in [0.15, 0.2) is 28.7 Å². The summed E-state index contributed by atoms with van der Waals surface area (Å²) in [5, 5.41) is 8.79. The van der Waals surface area contributed by atoms with Crippen molar-refractivity contribution >= 4 is 15.9 Å². The van der Waals surface area contributed by atoms with Crippen molar-refractivity contribution in [1.29, 1.82) is 0 Å². The number of rotatable bonds is 2. The maximum absolute atomic E-state index is 12.0. The third-order valence-electron chi connectivity index (χ3n) is 1.70. The summed E-state index contributed by atoms with van der Waals surface area (Å²) in [5.74, 6) is 0. The second-order valence-corrected chi connectivity index (χ2v) is 3.81. The first-order chi connectivity index (χ1) is 6.39. The molecule has 1 unspecified atom stereocenters. The Bertz CT molecular complexity index is 311. The molecule has 0 radical (unpaired) electrons. The molecule has 0 aromatic heterocycles. The number of hydrogen-bond acceptors (Lipinski definition) is 1. The van der Waals surface area contributed by atoms with E-state index in [9.17, 15) is 13.2 Å². The second-order valence-electron chi connectivity index (χ2n) is 2.89. The molecular formula is C9H8BrF3O. The minimum absolute atomic E-state index is 0.414. The average Bonchev–Trinajstić information content (AvgIpc) is 2.02. The molecule has 0 bridgehead atoms. The Balaban J connectivity index is 2.70. The van der Waals surface area contributed by atoms with E-state index in [1.54, 1.807) is 24.3 Å². The van der Waals surface area contributed by atoms with E-state index in [0.29, 0.717) is 10.0 Å². The van der Waals surface area contributed by atoms with Crippen LogP contribution in [0.1, 0.15) is 5.56 Å². The van der Waals surface area contributed by atoms with Crippen molar-refractivity contribution < 1.29 is 18.3 Å². The first-order valence-electron chi connectivity index (χ1n) is 3.89. The lowest BCUT2D eigenvalue weighted by Gasteiger charge is -2.14. The van der Waals surface area contributed by atoms with Crippen LogP contribution in [-0.4, -0.2) is 17.4 Å². The monoisotopic (exact) mass is 268 g/mol. The van der Waals surface area contributed by atoms with Crippen LogP contribution in [0, 0.1) is 0 Å². The topological polar surface area (TPSA) is 20.2 Å². The molecule has 1 N–H and O–H groups in total. The molecule has 1 rings (SSSR count). The standard InChI is InChI=1S/C9H8BrF3O/c10-7-3-1-2-6(4-7)5-8(14)9(11,12)13/h1-4,8,14H,5H2. The van der Waals surface area contributed by atoms with Gasteiger partial charge in [0.25, 0.3) is 0 Å². The zero-order valence-corrected chi connectivity index (χ0v) is 8.64. The van der Waals surface area contributed by atoms with Crippen LogP contribution in [0.4, 0.5) is 13.2 Å². The molecule has 78 valence electrons. The zero-order valence-electron chi connectivity index (χ0n) is 7.05. The summed E-state index contributed by atoms with van der Waals surface area (Å²) in [6.45, 7) is 0. The summed E-state index contributed by atoms with van der Waals surface area (Å²) in [7, 11) is 0. The quantitative estimate of drug-likeness (QED) is 0.875. The first-order valence-corrected chi connectivity index (χ1v) is 4.68. The number of aliphatic hydroxyl groups excluding tert-OH is 1. The summed E-state index contributed by atoms with van der Waals surface area (Å²) in [4.78, 5) is 0. The summed E-state index contributed by atoms with van der Waals surface area (Å²) in [6, 6.07) is 6.43. The normalized spacial score (nSPS) is 14.1. The Kier molecular flexibility index (Phi) is 3.55. The number of hydrogen-bond donors (Lipinski definition) is 1. The van der Waals surface area contributed by atoms with Gasteiger partial charge in [-0.3, -0.25) is 0 Å². The van der Waals surface area contributed by atoms with Crippen molar-refractivity contribution in [1.82, 2.24) is 0 Å². The molecule has 0 aliphatic carbocycles. The van der Waals surface area contributed by atoms with Crippen molar-refractivity contribution in [3.05, 3.63) is 34.3 Å². The molecule has 1 aromatic rings. The lowest BCUT2D eigenvalue weighted by atomic mass is 10.1. The average molecular weight is 269 g/mol. The minimum Gasteiger partial charge on any atom is -0.383 e. The molecule has 0 aliphatic rings. The molecule has 0 saturated carbocycles. The highest BCUT2D eigenvalue weighted by Gasteiger charge is 2.37. The van der Waals surface area contributed by atoms with Crippen molar-refractivity contribution in [2.45, 2.75) is 18.7 Å². The van der Waals surface area contributed by atoms with Gasteiger partial charge in [0.15, 0.2) is 6.10 Å². The molecule has 0 spiro atoms. The second kappa shape index (κ2) is 4.31. The fourth-order valence-corrected chi connectivity index (χ4v) is 1.45. The largest absolute Gasteiger partial charge is 0.414 e. The van der Waals surface area contributed by atoms with Crippen molar-refractivity contribution in [3.63, 3.8) is 0 Å². The maximum Gasteiger partial charge on any atom is 0.414 e. The molecule has 5 heteroatoms. The van der Waals surface area contributed by atoms with Gasteiger partial charge >= 0.3 is 6.18 Å². The predicted molar refractivity (Wildman–Crippen MR) is 49.9 cm³/mol. The van der Waals surface area contributed by atoms with E-state index in [-0.39, 0.29) is 0 Å². The Labute approximate surface area is 87.7 Å². The minimum atomic E-state index is -4.55. The first kappa shape index (κ1) is 11.5. The Morgan fingerprint density at radius 2 is 2.00 bits per heavy atom. The summed E-state index contributed by atoms with van der Waals surface area (Å²) < 4.78 is 36.6. The van der Waals surface area contributed by atoms with Gasteiger partial charge < -0.3 is 5.11 Å². The van der Waals surface area contributed by atoms with E-state index in [1.807, 2.05) is 0 Å². The van der Waals surface area contributed by atoms with Crippen molar-refractivity contribution in [2.75, 3.05) is 0 Å². The number of alkyl halides is 3. The van der Waals surface area contributed by atoms with Gasteiger partial charge in [0.05, 0.1) is 0 Å². The van der Waals surface area contributed by atoms with E-state index in [4.69, 9.17) is 5.11 Å². The van der Waals surface area contributed by atoms with Gasteiger partial charge in [-0.25, -0.2) is 0 Å². The van der Waals surface area contributed by atoms with Crippen molar-refractivity contribution in [2.24, 2.45) is 0 Å². The highest BCUT2D eigenvalue weighted by atomic mass is 79.9. The lowest BCUT2D eigenvalue weighted by Crippen LogP contribution is -2.30. The molecular weight excluding hydrogens is 261 g/mol. The Hall–Kier alpha value is -0.550. The summed E-state index contributed by atoms with van der Waals surface area (Å²) in [5.41, 5.74) is 0.448. The Morgan fingerprint density at radius 3 is 2.50 bits per heavy atom. The van der Waals surface area contributed by atoms with Crippen LogP contribution in [0.5, 0.6) is 0 Å². The summed E-state index contributed by atoms with van der Waals surface area (Å²) in [6.07, 6.45) is -7.26.